The van der Waals surface area contributed by atoms with E-state index in [4.69, 9.17) is 66.3 Å². The van der Waals surface area contributed by atoms with Crippen molar-refractivity contribution >= 4 is 17.7 Å². The molecule has 712 valence electrons. The van der Waals surface area contributed by atoms with E-state index >= 15 is 0 Å². The Morgan fingerprint density at radius 3 is 1.20 bits per heavy atom. The van der Waals surface area contributed by atoms with Gasteiger partial charge in [-0.1, -0.05) is 180 Å². The highest BCUT2D eigenvalue weighted by molar-refractivity contribution is 5.76. The molecule has 23 N–H and O–H groups in total. The van der Waals surface area contributed by atoms with Gasteiger partial charge in [-0.25, -0.2) is 0 Å². The topological polar surface area (TPSA) is 621 Å². The molecule has 3 amide bonds. The first kappa shape index (κ1) is 106. The number of aliphatic hydroxyl groups is 20. The summed E-state index contributed by atoms with van der Waals surface area (Å²) >= 11 is 0. The number of carbonyl (C=O) groups is 3. The van der Waals surface area contributed by atoms with E-state index in [9.17, 15) is 117 Å². The molecule has 14 unspecified atom stereocenters. The maximum absolute atomic E-state index is 13.6. The Bertz CT molecular complexity index is 2910. The molecule has 7 aliphatic rings. The predicted octanol–water partition coefficient (Wildman–Crippen LogP) is -3.57. The Morgan fingerprint density at radius 2 is 0.689 bits per heavy atom. The zero-order valence-corrected chi connectivity index (χ0v) is 71.1. The molecule has 0 aromatic carbocycles. The van der Waals surface area contributed by atoms with Crippen LogP contribution in [0.25, 0.3) is 0 Å². The molecule has 0 aromatic heterocycles. The number of carbonyl (C=O) groups excluding carboxylic acids is 3. The lowest BCUT2D eigenvalue weighted by Crippen LogP contribution is -2.71. The minimum atomic E-state index is -2.26. The first-order chi connectivity index (χ1) is 58.5. The summed E-state index contributed by atoms with van der Waals surface area (Å²) < 4.78 is 84.6. The van der Waals surface area contributed by atoms with Crippen molar-refractivity contribution in [3.63, 3.8) is 0 Å². The molecule has 0 aliphatic carbocycles. The number of ether oxygens (including phenoxy) is 14. The highest BCUT2D eigenvalue weighted by atomic mass is 16.8. The molecule has 7 saturated heterocycles. The van der Waals surface area contributed by atoms with Gasteiger partial charge in [0.2, 0.25) is 17.7 Å². The van der Waals surface area contributed by atoms with Crippen molar-refractivity contribution in [3.05, 3.63) is 12.2 Å². The fourth-order valence-electron chi connectivity index (χ4n) is 16.5. The zero-order chi connectivity index (χ0) is 89.3. The number of nitrogens with one attached hydrogen (secondary N) is 3. The molecule has 122 heavy (non-hydrogen) atoms. The summed E-state index contributed by atoms with van der Waals surface area (Å²) in [7, 11) is 0. The van der Waals surface area contributed by atoms with Crippen LogP contribution in [0.1, 0.15) is 214 Å². The van der Waals surface area contributed by atoms with E-state index in [-0.39, 0.29) is 12.3 Å². The number of aliphatic hydroxyl groups excluding tert-OH is 20. The highest BCUT2D eigenvalue weighted by Gasteiger charge is 2.60. The Hall–Kier alpha value is -3.21. The number of unbranched alkanes of at least 4 members (excludes halogenated alkanes) is 25. The molecule has 40 heteroatoms. The van der Waals surface area contributed by atoms with Crippen LogP contribution in [0.2, 0.25) is 0 Å². The minimum absolute atomic E-state index is 0.158. The standard InChI is InChI=1S/C82H147N3O37/c1-6-8-10-12-14-16-18-20-21-23-25-27-29-31-33-35-54(95)85-46(47(94)34-32-30-28-26-24-22-19-17-15-13-11-9-7-2)42-109-78-68(107)65(104)71(53(41-91)116-78)117-81-69(108)73(60(99)50(38-88)113-81)120-76-55(83-44(4)92)62(101)70(52(40-90)115-76)118-82-75(122-79-66(105)63(102)57(96)43(3)110-79)74(61(100)51(39-89)114-82)121-77-56(84-45(5)93)72(59(98)49(37-87)111-77)119-80-67(106)64(103)58(97)48(36-86)112-80/h32,34,43,46-53,55-82,86-91,94,96-108H,6-31,33,35-42H2,1-5H3,(H,83,92)(H,84,93)(H,85,95)/b34-32+/t43?,46-,47+,48?,49?,50?,51?,52?,53?,55?,56?,57+,58-,59-,60-,61-,62+,63?,64-,65+,66-,67?,68?,69?,70+,71+,72+,73-,74-,75?,76-,77+,78+,79+,80-,81-,82-/m0/s1. The molecular weight excluding hydrogens is 1620 g/mol. The number of amides is 3. The lowest BCUT2D eigenvalue weighted by molar-refractivity contribution is -0.404. The molecule has 37 atom stereocenters. The van der Waals surface area contributed by atoms with E-state index in [2.05, 4.69) is 29.8 Å². The SMILES string of the molecule is CCCCCCCCCCCCC/C=C/[C@@H](O)[C@H](CO[C@@H]1OC(CO)[C@@H](O[C@@H]2OC(CO)[C@H](O)[C@H](O[C@@H]3OC(CO)[C@@H](O[C@@H]4OC(CO)[C@H](O)[C@H](O[C@H]5OC(CO)[C@H](O)[C@H](O[C@@H]6OC(CO)[C@H](O)[C@H](O)C6O)C5NC(C)=O)C4O[C@H]4OC(C)[C@@H](O)C(O)[C@@H]4O)[C@H](O)C3NC(C)=O)C2O)[C@H](O)C1O)NC(=O)CCCCCCCCCCCCCCCCC. The molecule has 0 radical (unpaired) electrons. The lowest BCUT2D eigenvalue weighted by atomic mass is 9.93. The van der Waals surface area contributed by atoms with Gasteiger partial charge in [-0.15, -0.1) is 0 Å². The van der Waals surface area contributed by atoms with Gasteiger partial charge in [0.25, 0.3) is 0 Å². The molecule has 7 heterocycles. The molecule has 7 fully saturated rings. The van der Waals surface area contributed by atoms with Gasteiger partial charge in [0.15, 0.2) is 44.0 Å². The summed E-state index contributed by atoms with van der Waals surface area (Å²) in [5, 5.41) is 233. The highest BCUT2D eigenvalue weighted by Crippen LogP contribution is 2.40. The average Bonchev–Trinajstić information content (AvgIpc) is 0.758. The van der Waals surface area contributed by atoms with Gasteiger partial charge in [-0.05, 0) is 26.2 Å². The predicted molar refractivity (Wildman–Crippen MR) is 425 cm³/mol. The van der Waals surface area contributed by atoms with Crippen LogP contribution in [0.4, 0.5) is 0 Å². The molecule has 7 aliphatic heterocycles. The van der Waals surface area contributed by atoms with Crippen LogP contribution in [0.5, 0.6) is 0 Å². The van der Waals surface area contributed by atoms with Crippen LogP contribution in [-0.2, 0) is 80.7 Å². The minimum Gasteiger partial charge on any atom is -0.394 e. The Labute approximate surface area is 713 Å². The quantitative estimate of drug-likeness (QED) is 0.0207. The number of rotatable bonds is 54. The molecule has 0 saturated carbocycles. The van der Waals surface area contributed by atoms with Crippen LogP contribution < -0.4 is 16.0 Å². The molecule has 0 aromatic rings. The van der Waals surface area contributed by atoms with Gasteiger partial charge < -0.3 is 184 Å². The van der Waals surface area contributed by atoms with Gasteiger partial charge in [0, 0.05) is 20.3 Å². The van der Waals surface area contributed by atoms with Crippen LogP contribution in [0.3, 0.4) is 0 Å². The fourth-order valence-corrected chi connectivity index (χ4v) is 16.5. The zero-order valence-electron chi connectivity index (χ0n) is 71.1. The molecular formula is C82H147N3O37. The first-order valence-electron chi connectivity index (χ1n) is 44.3. The molecule has 0 spiro atoms. The van der Waals surface area contributed by atoms with Gasteiger partial charge in [0.05, 0.1) is 64.5 Å². The van der Waals surface area contributed by atoms with E-state index < -0.39 is 285 Å². The Balaban J connectivity index is 1.06. The smallest absolute Gasteiger partial charge is 0.220 e. The van der Waals surface area contributed by atoms with E-state index in [1.807, 2.05) is 6.08 Å². The summed E-state index contributed by atoms with van der Waals surface area (Å²) in [6, 6.07) is -4.90. The van der Waals surface area contributed by atoms with Crippen LogP contribution in [-0.4, -0.2) is 393 Å². The van der Waals surface area contributed by atoms with Crippen molar-refractivity contribution in [1.82, 2.24) is 16.0 Å². The van der Waals surface area contributed by atoms with Crippen molar-refractivity contribution in [3.8, 4) is 0 Å². The summed E-state index contributed by atoms with van der Waals surface area (Å²) in [6.07, 6.45) is -32.7. The van der Waals surface area contributed by atoms with E-state index in [0.29, 0.717) is 12.8 Å². The third-order valence-corrected chi connectivity index (χ3v) is 23.8. The third kappa shape index (κ3) is 30.7. The second-order valence-corrected chi connectivity index (χ2v) is 33.4. The molecule has 0 bridgehead atoms. The molecule has 7 rings (SSSR count). The summed E-state index contributed by atoms with van der Waals surface area (Å²) in [5.74, 6) is -2.18. The Morgan fingerprint density at radius 1 is 0.336 bits per heavy atom. The van der Waals surface area contributed by atoms with Crippen LogP contribution in [0.15, 0.2) is 12.2 Å². The van der Waals surface area contributed by atoms with Crippen LogP contribution >= 0.6 is 0 Å². The van der Waals surface area contributed by atoms with E-state index in [0.717, 1.165) is 65.2 Å². The summed E-state index contributed by atoms with van der Waals surface area (Å²) in [4.78, 5) is 39.9. The number of allylic oxidation sites excluding steroid dienone is 1. The first-order valence-corrected chi connectivity index (χ1v) is 44.3. The van der Waals surface area contributed by atoms with Gasteiger partial charge >= 0.3 is 0 Å². The summed E-state index contributed by atoms with van der Waals surface area (Å²) in [5.41, 5.74) is 0. The third-order valence-electron chi connectivity index (χ3n) is 23.8. The number of hydrogen-bond donors (Lipinski definition) is 23. The van der Waals surface area contributed by atoms with E-state index in [1.54, 1.807) is 6.08 Å². The Kier molecular flexibility index (Phi) is 47.8. The van der Waals surface area contributed by atoms with Crippen LogP contribution in [0, 0.1) is 0 Å². The van der Waals surface area contributed by atoms with Gasteiger partial charge in [-0.3, -0.25) is 14.4 Å². The normalized spacial score (nSPS) is 38.9. The maximum atomic E-state index is 13.6. The second kappa shape index (κ2) is 55.1. The maximum Gasteiger partial charge on any atom is 0.220 e. The van der Waals surface area contributed by atoms with Gasteiger partial charge in [-0.2, -0.15) is 0 Å². The monoisotopic (exact) mass is 1770 g/mol. The van der Waals surface area contributed by atoms with Crippen molar-refractivity contribution in [2.75, 3.05) is 46.2 Å². The van der Waals surface area contributed by atoms with Crippen molar-refractivity contribution in [2.24, 2.45) is 0 Å². The largest absolute Gasteiger partial charge is 0.394 e. The van der Waals surface area contributed by atoms with Crippen molar-refractivity contribution < 1.29 is 183 Å². The fraction of sp³-hybridized carbons (Fsp3) is 0.939. The molecule has 40 nitrogen and oxygen atoms in total. The van der Waals surface area contributed by atoms with E-state index in [1.165, 1.54) is 116 Å². The summed E-state index contributed by atoms with van der Waals surface area (Å²) in [6.45, 7) is 0.856. The average molecular weight is 1770 g/mol. The lowest BCUT2D eigenvalue weighted by Gasteiger charge is -2.52. The number of hydrogen-bond acceptors (Lipinski definition) is 37. The second-order valence-electron chi connectivity index (χ2n) is 33.4. The van der Waals surface area contributed by atoms with Crippen molar-refractivity contribution in [2.45, 2.75) is 441 Å². The van der Waals surface area contributed by atoms with Gasteiger partial charge in [0.1, 0.15) is 165 Å². The van der Waals surface area contributed by atoms with Crippen molar-refractivity contribution in [1.29, 1.82) is 0 Å².